The van der Waals surface area contributed by atoms with Crippen LogP contribution >= 0.6 is 15.9 Å². The van der Waals surface area contributed by atoms with E-state index >= 15 is 0 Å². The number of benzene rings is 1. The number of carboxylic acids is 1. The summed E-state index contributed by atoms with van der Waals surface area (Å²) in [6.45, 7) is 1.93. The molecule has 18 heavy (non-hydrogen) atoms. The molecule has 2 aromatic rings. The lowest BCUT2D eigenvalue weighted by atomic mass is 10.2. The molecule has 94 valence electrons. The second-order valence-corrected chi connectivity index (χ2v) is 4.51. The summed E-state index contributed by atoms with van der Waals surface area (Å²) in [5, 5.41) is 9.04. The van der Waals surface area contributed by atoms with Crippen LogP contribution < -0.4 is 4.74 Å². The Morgan fingerprint density at radius 1 is 1.56 bits per heavy atom. The zero-order valence-electron chi connectivity index (χ0n) is 9.51. The van der Waals surface area contributed by atoms with E-state index < -0.39 is 5.97 Å². The van der Waals surface area contributed by atoms with Crippen molar-refractivity contribution in [3.8, 4) is 5.75 Å². The predicted octanol–water partition coefficient (Wildman–Crippen LogP) is 3.02. The fourth-order valence-electron chi connectivity index (χ4n) is 1.41. The first kappa shape index (κ1) is 12.6. The normalized spacial score (nSPS) is 10.3. The highest BCUT2D eigenvalue weighted by Gasteiger charge is 2.13. The lowest BCUT2D eigenvalue weighted by Gasteiger charge is -2.08. The van der Waals surface area contributed by atoms with Crippen molar-refractivity contribution in [2.75, 3.05) is 0 Å². The van der Waals surface area contributed by atoms with Crippen LogP contribution in [0.15, 0.2) is 33.5 Å². The second kappa shape index (κ2) is 5.22. The molecule has 1 aromatic carbocycles. The van der Waals surface area contributed by atoms with Gasteiger partial charge in [-0.2, -0.15) is 0 Å². The second-order valence-electron chi connectivity index (χ2n) is 3.59. The minimum absolute atomic E-state index is 0.111. The molecule has 0 atom stereocenters. The van der Waals surface area contributed by atoms with Crippen molar-refractivity contribution in [3.63, 3.8) is 0 Å². The number of rotatable bonds is 4. The number of aromatic carboxylic acids is 1. The molecule has 0 unspecified atom stereocenters. The molecule has 1 heterocycles. The lowest BCUT2D eigenvalue weighted by molar-refractivity contribution is 0.0691. The Hall–Kier alpha value is -1.82. The number of carboxylic acid groups (broad SMARTS) is 1. The number of aryl methyl sites for hydroxylation is 1. The summed E-state index contributed by atoms with van der Waals surface area (Å²) in [6, 6.07) is 4.74. The molecule has 0 spiro atoms. The van der Waals surface area contributed by atoms with E-state index in [9.17, 15) is 4.79 Å². The van der Waals surface area contributed by atoms with Gasteiger partial charge in [-0.1, -0.05) is 15.9 Å². The molecule has 1 aromatic heterocycles. The predicted molar refractivity (Wildman–Crippen MR) is 66.7 cm³/mol. The summed E-state index contributed by atoms with van der Waals surface area (Å²) in [6.07, 6.45) is 1.33. The van der Waals surface area contributed by atoms with E-state index in [1.165, 1.54) is 12.5 Å². The maximum Gasteiger partial charge on any atom is 0.339 e. The third kappa shape index (κ3) is 2.70. The van der Waals surface area contributed by atoms with Gasteiger partial charge in [0.2, 0.25) is 0 Å². The zero-order chi connectivity index (χ0) is 13.1. The topological polar surface area (TPSA) is 72.6 Å². The van der Waals surface area contributed by atoms with Crippen LogP contribution in [-0.2, 0) is 6.61 Å². The third-order valence-corrected chi connectivity index (χ3v) is 2.88. The van der Waals surface area contributed by atoms with Crippen LogP contribution in [0.5, 0.6) is 5.75 Å². The zero-order valence-corrected chi connectivity index (χ0v) is 11.1. The van der Waals surface area contributed by atoms with E-state index in [0.717, 1.165) is 4.47 Å². The van der Waals surface area contributed by atoms with Crippen LogP contribution in [0.2, 0.25) is 0 Å². The minimum atomic E-state index is -1.03. The number of nitrogens with zero attached hydrogens (tertiary/aromatic N) is 1. The van der Waals surface area contributed by atoms with E-state index in [0.29, 0.717) is 17.2 Å². The molecule has 0 radical (unpaired) electrons. The monoisotopic (exact) mass is 311 g/mol. The van der Waals surface area contributed by atoms with Gasteiger partial charge >= 0.3 is 5.97 Å². The van der Waals surface area contributed by atoms with Gasteiger partial charge in [0, 0.05) is 4.47 Å². The molecule has 6 heteroatoms. The fraction of sp³-hybridized carbons (Fsp3) is 0.167. The SMILES string of the molecule is Cc1ocnc1COc1cc(Br)ccc1C(=O)O. The number of carbonyl (C=O) groups is 1. The van der Waals surface area contributed by atoms with Gasteiger partial charge in [-0.25, -0.2) is 9.78 Å². The van der Waals surface area contributed by atoms with E-state index in [-0.39, 0.29) is 12.2 Å². The van der Waals surface area contributed by atoms with Crippen LogP contribution in [0.3, 0.4) is 0 Å². The minimum Gasteiger partial charge on any atom is -0.486 e. The standard InChI is InChI=1S/C12H10BrNO4/c1-7-10(14-6-18-7)5-17-11-4-8(13)2-3-9(11)12(15)16/h2-4,6H,5H2,1H3,(H,15,16). The van der Waals surface area contributed by atoms with Crippen LogP contribution in [0.1, 0.15) is 21.8 Å². The molecule has 0 saturated heterocycles. The first-order chi connectivity index (χ1) is 8.58. The van der Waals surface area contributed by atoms with Crippen molar-refractivity contribution in [2.24, 2.45) is 0 Å². The first-order valence-corrected chi connectivity index (χ1v) is 5.92. The number of hydrogen-bond donors (Lipinski definition) is 1. The van der Waals surface area contributed by atoms with Crippen LogP contribution in [-0.4, -0.2) is 16.1 Å². The van der Waals surface area contributed by atoms with Gasteiger partial charge in [-0.05, 0) is 25.1 Å². The molecule has 0 amide bonds. The molecule has 1 N–H and O–H groups in total. The molecular formula is C12H10BrNO4. The molecular weight excluding hydrogens is 302 g/mol. The average Bonchev–Trinajstić information content (AvgIpc) is 2.72. The number of aromatic nitrogens is 1. The Kier molecular flexibility index (Phi) is 3.66. The summed E-state index contributed by atoms with van der Waals surface area (Å²) in [5.74, 6) is -0.0875. The van der Waals surface area contributed by atoms with Gasteiger partial charge in [-0.15, -0.1) is 0 Å². The molecule has 0 saturated carbocycles. The molecule has 0 fully saturated rings. The van der Waals surface area contributed by atoms with E-state index in [4.69, 9.17) is 14.3 Å². The van der Waals surface area contributed by atoms with Crippen molar-refractivity contribution in [1.82, 2.24) is 4.98 Å². The Labute approximate surface area is 112 Å². The average molecular weight is 312 g/mol. The Bertz CT molecular complexity index is 579. The Morgan fingerprint density at radius 2 is 2.33 bits per heavy atom. The third-order valence-electron chi connectivity index (χ3n) is 2.38. The summed E-state index contributed by atoms with van der Waals surface area (Å²) in [7, 11) is 0. The van der Waals surface area contributed by atoms with Gasteiger partial charge in [0.15, 0.2) is 6.39 Å². The summed E-state index contributed by atoms with van der Waals surface area (Å²) in [5.41, 5.74) is 0.755. The number of hydrogen-bond acceptors (Lipinski definition) is 4. The first-order valence-electron chi connectivity index (χ1n) is 5.12. The van der Waals surface area contributed by atoms with Crippen LogP contribution in [0, 0.1) is 6.92 Å². The quantitative estimate of drug-likeness (QED) is 0.939. The van der Waals surface area contributed by atoms with E-state index in [1.54, 1.807) is 19.1 Å². The highest BCUT2D eigenvalue weighted by Crippen LogP contribution is 2.24. The summed E-state index contributed by atoms with van der Waals surface area (Å²) in [4.78, 5) is 15.0. The van der Waals surface area contributed by atoms with Crippen LogP contribution in [0.4, 0.5) is 0 Å². The molecule has 0 aliphatic rings. The lowest BCUT2D eigenvalue weighted by Crippen LogP contribution is -2.04. The van der Waals surface area contributed by atoms with Gasteiger partial charge in [-0.3, -0.25) is 0 Å². The van der Waals surface area contributed by atoms with Crippen molar-refractivity contribution in [3.05, 3.63) is 46.1 Å². The van der Waals surface area contributed by atoms with Crippen molar-refractivity contribution in [2.45, 2.75) is 13.5 Å². The number of halogens is 1. The Morgan fingerprint density at radius 3 is 2.94 bits per heavy atom. The maximum absolute atomic E-state index is 11.0. The molecule has 0 aliphatic heterocycles. The maximum atomic E-state index is 11.0. The van der Waals surface area contributed by atoms with E-state index in [2.05, 4.69) is 20.9 Å². The molecule has 0 aliphatic carbocycles. The van der Waals surface area contributed by atoms with Gasteiger partial charge in [0.05, 0.1) is 0 Å². The smallest absolute Gasteiger partial charge is 0.339 e. The summed E-state index contributed by atoms with van der Waals surface area (Å²) >= 11 is 3.27. The van der Waals surface area contributed by atoms with Gasteiger partial charge in [0.25, 0.3) is 0 Å². The largest absolute Gasteiger partial charge is 0.486 e. The number of ether oxygens (including phenoxy) is 1. The Balaban J connectivity index is 2.20. The fourth-order valence-corrected chi connectivity index (χ4v) is 1.75. The molecule has 0 bridgehead atoms. The van der Waals surface area contributed by atoms with Gasteiger partial charge in [0.1, 0.15) is 29.4 Å². The van der Waals surface area contributed by atoms with Crippen molar-refractivity contribution >= 4 is 21.9 Å². The molecule has 5 nitrogen and oxygen atoms in total. The van der Waals surface area contributed by atoms with Crippen LogP contribution in [0.25, 0.3) is 0 Å². The highest BCUT2D eigenvalue weighted by molar-refractivity contribution is 9.10. The highest BCUT2D eigenvalue weighted by atomic mass is 79.9. The number of oxazole rings is 1. The summed E-state index contributed by atoms with van der Waals surface area (Å²) < 4.78 is 11.3. The molecule has 2 rings (SSSR count). The van der Waals surface area contributed by atoms with Crippen molar-refractivity contribution in [1.29, 1.82) is 0 Å². The van der Waals surface area contributed by atoms with E-state index in [1.807, 2.05) is 0 Å². The van der Waals surface area contributed by atoms with Gasteiger partial charge < -0.3 is 14.3 Å². The van der Waals surface area contributed by atoms with Crippen molar-refractivity contribution < 1.29 is 19.1 Å².